The van der Waals surface area contributed by atoms with E-state index in [0.29, 0.717) is 6.04 Å². The Balaban J connectivity index is 2.03. The maximum Gasteiger partial charge on any atom is 0.0408 e. The maximum absolute atomic E-state index is 5.97. The van der Waals surface area contributed by atoms with Crippen LogP contribution in [0.3, 0.4) is 0 Å². The Kier molecular flexibility index (Phi) is 4.08. The van der Waals surface area contributed by atoms with E-state index in [0.717, 1.165) is 24.0 Å². The highest BCUT2D eigenvalue weighted by Crippen LogP contribution is 2.35. The van der Waals surface area contributed by atoms with E-state index in [-0.39, 0.29) is 0 Å². The number of rotatable bonds is 5. The van der Waals surface area contributed by atoms with Gasteiger partial charge in [-0.05, 0) is 56.0 Å². The first-order valence-corrected chi connectivity index (χ1v) is 6.65. The molecule has 1 aromatic rings. The van der Waals surface area contributed by atoms with Crippen LogP contribution in [0.4, 0.5) is 0 Å². The zero-order valence-corrected chi connectivity index (χ0v) is 11.4. The standard InChI is InChI=1S/C14H21ClN2/c1-10-7-13(15)6-5-12(10)9-17(2)14(8-16)11-3-4-11/h5-7,11,14H,3-4,8-9,16H2,1-2H3. The highest BCUT2D eigenvalue weighted by atomic mass is 35.5. The largest absolute Gasteiger partial charge is 0.329 e. The number of hydrogen-bond donors (Lipinski definition) is 1. The summed E-state index contributed by atoms with van der Waals surface area (Å²) >= 11 is 5.97. The van der Waals surface area contributed by atoms with E-state index in [2.05, 4.69) is 24.9 Å². The third-order valence-electron chi connectivity index (χ3n) is 3.70. The van der Waals surface area contributed by atoms with Gasteiger partial charge in [0.05, 0.1) is 0 Å². The Morgan fingerprint density at radius 1 is 1.47 bits per heavy atom. The molecule has 1 atom stereocenters. The highest BCUT2D eigenvalue weighted by Gasteiger charge is 2.32. The fourth-order valence-corrected chi connectivity index (χ4v) is 2.66. The van der Waals surface area contributed by atoms with Crippen molar-refractivity contribution in [1.29, 1.82) is 0 Å². The molecule has 0 aromatic heterocycles. The van der Waals surface area contributed by atoms with Gasteiger partial charge < -0.3 is 5.73 Å². The molecule has 0 radical (unpaired) electrons. The molecular weight excluding hydrogens is 232 g/mol. The van der Waals surface area contributed by atoms with Crippen LogP contribution >= 0.6 is 11.6 Å². The second kappa shape index (κ2) is 5.38. The molecule has 0 spiro atoms. The van der Waals surface area contributed by atoms with E-state index in [1.807, 2.05) is 12.1 Å². The van der Waals surface area contributed by atoms with Crippen molar-refractivity contribution in [2.24, 2.45) is 11.7 Å². The summed E-state index contributed by atoms with van der Waals surface area (Å²) in [6.45, 7) is 3.83. The maximum atomic E-state index is 5.97. The van der Waals surface area contributed by atoms with Crippen LogP contribution in [0.15, 0.2) is 18.2 Å². The molecule has 17 heavy (non-hydrogen) atoms. The molecule has 2 rings (SSSR count). The molecule has 3 heteroatoms. The van der Waals surface area contributed by atoms with Crippen molar-refractivity contribution in [3.8, 4) is 0 Å². The van der Waals surface area contributed by atoms with Gasteiger partial charge in [0.1, 0.15) is 0 Å². The van der Waals surface area contributed by atoms with Gasteiger partial charge in [0.15, 0.2) is 0 Å². The van der Waals surface area contributed by atoms with Crippen LogP contribution in [0.25, 0.3) is 0 Å². The summed E-state index contributed by atoms with van der Waals surface area (Å²) in [6.07, 6.45) is 2.68. The minimum atomic E-state index is 0.532. The molecule has 1 aromatic carbocycles. The van der Waals surface area contributed by atoms with Crippen LogP contribution in [0, 0.1) is 12.8 Å². The molecule has 1 fully saturated rings. The van der Waals surface area contributed by atoms with Crippen molar-refractivity contribution in [1.82, 2.24) is 4.90 Å². The summed E-state index contributed by atoms with van der Waals surface area (Å²) in [6, 6.07) is 6.64. The molecule has 1 saturated carbocycles. The normalized spacial score (nSPS) is 17.5. The van der Waals surface area contributed by atoms with Gasteiger partial charge in [-0.15, -0.1) is 0 Å². The van der Waals surface area contributed by atoms with Gasteiger partial charge in [0.25, 0.3) is 0 Å². The molecule has 94 valence electrons. The lowest BCUT2D eigenvalue weighted by Gasteiger charge is -2.27. The van der Waals surface area contributed by atoms with Gasteiger partial charge >= 0.3 is 0 Å². The number of aryl methyl sites for hydroxylation is 1. The quantitative estimate of drug-likeness (QED) is 0.873. The first kappa shape index (κ1) is 12.9. The number of benzene rings is 1. The molecule has 0 saturated heterocycles. The van der Waals surface area contributed by atoms with Gasteiger partial charge in [0, 0.05) is 24.2 Å². The number of likely N-dealkylation sites (N-methyl/N-ethyl adjacent to an activating group) is 1. The Morgan fingerprint density at radius 3 is 2.71 bits per heavy atom. The molecule has 0 bridgehead atoms. The average Bonchev–Trinajstić information content (AvgIpc) is 3.08. The van der Waals surface area contributed by atoms with Crippen LogP contribution in [-0.2, 0) is 6.54 Å². The summed E-state index contributed by atoms with van der Waals surface area (Å²) < 4.78 is 0. The Hall–Kier alpha value is -0.570. The van der Waals surface area contributed by atoms with Gasteiger partial charge in [-0.3, -0.25) is 4.90 Å². The average molecular weight is 253 g/mol. The predicted molar refractivity (Wildman–Crippen MR) is 73.2 cm³/mol. The minimum absolute atomic E-state index is 0.532. The lowest BCUT2D eigenvalue weighted by atomic mass is 10.1. The van der Waals surface area contributed by atoms with Crippen molar-refractivity contribution in [2.75, 3.05) is 13.6 Å². The first-order chi connectivity index (χ1) is 8.11. The molecule has 0 heterocycles. The third kappa shape index (κ3) is 3.21. The van der Waals surface area contributed by atoms with Crippen molar-refractivity contribution in [3.05, 3.63) is 34.3 Å². The highest BCUT2D eigenvalue weighted by molar-refractivity contribution is 6.30. The summed E-state index contributed by atoms with van der Waals surface area (Å²) in [5.74, 6) is 0.817. The van der Waals surface area contributed by atoms with Crippen LogP contribution < -0.4 is 5.73 Å². The molecule has 2 N–H and O–H groups in total. The minimum Gasteiger partial charge on any atom is -0.329 e. The molecule has 1 aliphatic rings. The fraction of sp³-hybridized carbons (Fsp3) is 0.571. The second-order valence-electron chi connectivity index (χ2n) is 5.13. The monoisotopic (exact) mass is 252 g/mol. The van der Waals surface area contributed by atoms with Crippen molar-refractivity contribution in [3.63, 3.8) is 0 Å². The van der Waals surface area contributed by atoms with Crippen molar-refractivity contribution >= 4 is 11.6 Å². The van der Waals surface area contributed by atoms with Crippen LogP contribution in [0.5, 0.6) is 0 Å². The zero-order chi connectivity index (χ0) is 12.4. The molecule has 2 nitrogen and oxygen atoms in total. The number of halogens is 1. The van der Waals surface area contributed by atoms with E-state index >= 15 is 0 Å². The smallest absolute Gasteiger partial charge is 0.0408 e. The van der Waals surface area contributed by atoms with Gasteiger partial charge in [0.2, 0.25) is 0 Å². The fourth-order valence-electron chi connectivity index (χ4n) is 2.44. The van der Waals surface area contributed by atoms with E-state index < -0.39 is 0 Å². The summed E-state index contributed by atoms with van der Waals surface area (Å²) in [5.41, 5.74) is 8.47. The number of nitrogens with zero attached hydrogens (tertiary/aromatic N) is 1. The summed E-state index contributed by atoms with van der Waals surface area (Å²) in [5, 5.41) is 0.812. The molecule has 0 aliphatic heterocycles. The van der Waals surface area contributed by atoms with E-state index in [4.69, 9.17) is 17.3 Å². The molecule has 0 amide bonds. The zero-order valence-electron chi connectivity index (χ0n) is 10.6. The van der Waals surface area contributed by atoms with Crippen LogP contribution in [0.2, 0.25) is 5.02 Å². The van der Waals surface area contributed by atoms with Gasteiger partial charge in [-0.1, -0.05) is 17.7 Å². The Morgan fingerprint density at radius 2 is 2.18 bits per heavy atom. The summed E-state index contributed by atoms with van der Waals surface area (Å²) in [4.78, 5) is 2.38. The molecule has 1 unspecified atom stereocenters. The second-order valence-corrected chi connectivity index (χ2v) is 5.56. The van der Waals surface area contributed by atoms with E-state index in [1.165, 1.54) is 24.0 Å². The van der Waals surface area contributed by atoms with Gasteiger partial charge in [-0.2, -0.15) is 0 Å². The molecule has 1 aliphatic carbocycles. The lowest BCUT2D eigenvalue weighted by Crippen LogP contribution is -2.39. The van der Waals surface area contributed by atoms with Crippen molar-refractivity contribution in [2.45, 2.75) is 32.4 Å². The Bertz CT molecular complexity index is 388. The van der Waals surface area contributed by atoms with Crippen molar-refractivity contribution < 1.29 is 0 Å². The predicted octanol–water partition coefficient (Wildman–Crippen LogP) is 2.82. The summed E-state index contributed by atoms with van der Waals surface area (Å²) in [7, 11) is 2.17. The lowest BCUT2D eigenvalue weighted by molar-refractivity contribution is 0.215. The topological polar surface area (TPSA) is 29.3 Å². The third-order valence-corrected chi connectivity index (χ3v) is 3.93. The first-order valence-electron chi connectivity index (χ1n) is 6.27. The van der Waals surface area contributed by atoms with E-state index in [1.54, 1.807) is 0 Å². The van der Waals surface area contributed by atoms with Crippen LogP contribution in [-0.4, -0.2) is 24.5 Å². The van der Waals surface area contributed by atoms with E-state index in [9.17, 15) is 0 Å². The van der Waals surface area contributed by atoms with Gasteiger partial charge in [-0.25, -0.2) is 0 Å². The number of nitrogens with two attached hydrogens (primary N) is 1. The Labute approximate surface area is 109 Å². The van der Waals surface area contributed by atoms with Crippen LogP contribution in [0.1, 0.15) is 24.0 Å². The number of hydrogen-bond acceptors (Lipinski definition) is 2. The SMILES string of the molecule is Cc1cc(Cl)ccc1CN(C)C(CN)C1CC1. The molecular formula is C14H21ClN2.